The van der Waals surface area contributed by atoms with Gasteiger partial charge in [-0.25, -0.2) is 4.39 Å². The Kier molecular flexibility index (Phi) is 4.08. The molecule has 20 heavy (non-hydrogen) atoms. The van der Waals surface area contributed by atoms with E-state index in [0.717, 1.165) is 17.9 Å². The Hall–Kier alpha value is -1.32. The molecule has 1 aliphatic rings. The third-order valence-corrected chi connectivity index (χ3v) is 4.88. The fourth-order valence-electron chi connectivity index (χ4n) is 2.84. The first kappa shape index (κ1) is 13.7. The third kappa shape index (κ3) is 2.89. The number of nitrogens with two attached hydrogens (primary N) is 1. The molecule has 0 spiro atoms. The van der Waals surface area contributed by atoms with E-state index in [1.807, 2.05) is 12.1 Å². The van der Waals surface area contributed by atoms with Gasteiger partial charge in [0.2, 0.25) is 0 Å². The Morgan fingerprint density at radius 3 is 2.60 bits per heavy atom. The van der Waals surface area contributed by atoms with Crippen molar-refractivity contribution < 1.29 is 4.39 Å². The zero-order valence-electron chi connectivity index (χ0n) is 11.3. The van der Waals surface area contributed by atoms with Crippen molar-refractivity contribution in [1.82, 2.24) is 0 Å². The first-order valence-corrected chi connectivity index (χ1v) is 7.84. The summed E-state index contributed by atoms with van der Waals surface area (Å²) in [4.78, 5) is 2.28. The van der Waals surface area contributed by atoms with Crippen LogP contribution in [0.4, 0.5) is 4.39 Å². The summed E-state index contributed by atoms with van der Waals surface area (Å²) in [6.07, 6.45) is 3.57. The summed E-state index contributed by atoms with van der Waals surface area (Å²) >= 11 is 1.68. The number of hydrogen-bond donors (Lipinski definition) is 1. The summed E-state index contributed by atoms with van der Waals surface area (Å²) in [5, 5.41) is 0. The van der Waals surface area contributed by atoms with Gasteiger partial charge in [0.25, 0.3) is 0 Å². The van der Waals surface area contributed by atoms with Gasteiger partial charge in [-0.3, -0.25) is 0 Å². The molecule has 1 aliphatic carbocycles. The van der Waals surface area contributed by atoms with Crippen LogP contribution in [0.3, 0.4) is 0 Å². The highest BCUT2D eigenvalue weighted by Gasteiger charge is 2.19. The molecule has 0 bridgehead atoms. The molecular weight excluding hydrogens is 269 g/mol. The summed E-state index contributed by atoms with van der Waals surface area (Å²) in [7, 11) is 0. The molecule has 0 saturated heterocycles. The molecule has 0 aromatic heterocycles. The molecule has 104 valence electrons. The van der Waals surface area contributed by atoms with Crippen molar-refractivity contribution in [2.24, 2.45) is 5.73 Å². The predicted molar refractivity (Wildman–Crippen MR) is 81.7 cm³/mol. The zero-order valence-corrected chi connectivity index (χ0v) is 12.1. The van der Waals surface area contributed by atoms with Crippen LogP contribution in [0.25, 0.3) is 0 Å². The molecule has 2 N–H and O–H groups in total. The summed E-state index contributed by atoms with van der Waals surface area (Å²) < 4.78 is 12.9. The van der Waals surface area contributed by atoms with Gasteiger partial charge in [-0.1, -0.05) is 17.8 Å². The van der Waals surface area contributed by atoms with Crippen LogP contribution in [0.5, 0.6) is 0 Å². The SMILES string of the molecule is NCC1CCCc2cc(Sc3ccc(F)cc3)ccc21. The lowest BCUT2D eigenvalue weighted by Gasteiger charge is -2.24. The molecule has 2 aromatic rings. The summed E-state index contributed by atoms with van der Waals surface area (Å²) in [5.74, 6) is 0.328. The molecule has 0 fully saturated rings. The highest BCUT2D eigenvalue weighted by molar-refractivity contribution is 7.99. The van der Waals surface area contributed by atoms with Crippen LogP contribution >= 0.6 is 11.8 Å². The molecule has 0 radical (unpaired) electrons. The maximum atomic E-state index is 12.9. The largest absolute Gasteiger partial charge is 0.330 e. The monoisotopic (exact) mass is 287 g/mol. The Balaban J connectivity index is 1.83. The van der Waals surface area contributed by atoms with Gasteiger partial charge in [-0.2, -0.15) is 0 Å². The van der Waals surface area contributed by atoms with Gasteiger partial charge in [-0.05, 0) is 79.3 Å². The first-order chi connectivity index (χ1) is 9.76. The molecule has 0 heterocycles. The smallest absolute Gasteiger partial charge is 0.123 e. The van der Waals surface area contributed by atoms with E-state index >= 15 is 0 Å². The fourth-order valence-corrected chi connectivity index (χ4v) is 3.72. The van der Waals surface area contributed by atoms with Gasteiger partial charge in [0.15, 0.2) is 0 Å². The van der Waals surface area contributed by atoms with E-state index in [9.17, 15) is 4.39 Å². The molecule has 0 amide bonds. The van der Waals surface area contributed by atoms with E-state index in [-0.39, 0.29) is 5.82 Å². The fraction of sp³-hybridized carbons (Fsp3) is 0.294. The van der Waals surface area contributed by atoms with E-state index in [1.54, 1.807) is 11.8 Å². The lowest BCUT2D eigenvalue weighted by molar-refractivity contribution is 0.560. The second-order valence-electron chi connectivity index (χ2n) is 5.24. The van der Waals surface area contributed by atoms with Gasteiger partial charge in [-0.15, -0.1) is 0 Å². The second-order valence-corrected chi connectivity index (χ2v) is 6.39. The minimum absolute atomic E-state index is 0.189. The number of benzene rings is 2. The first-order valence-electron chi connectivity index (χ1n) is 7.02. The van der Waals surface area contributed by atoms with Crippen LogP contribution in [0.15, 0.2) is 52.3 Å². The topological polar surface area (TPSA) is 26.0 Å². The van der Waals surface area contributed by atoms with Crippen LogP contribution in [0.1, 0.15) is 29.9 Å². The van der Waals surface area contributed by atoms with Crippen LogP contribution < -0.4 is 5.73 Å². The van der Waals surface area contributed by atoms with Crippen LogP contribution in [-0.2, 0) is 6.42 Å². The Labute approximate surface area is 123 Å². The molecule has 0 aliphatic heterocycles. The predicted octanol–water partition coefficient (Wildman–Crippen LogP) is 4.36. The summed E-state index contributed by atoms with van der Waals surface area (Å²) in [5.41, 5.74) is 8.70. The summed E-state index contributed by atoms with van der Waals surface area (Å²) in [6.45, 7) is 0.734. The van der Waals surface area contributed by atoms with Crippen molar-refractivity contribution in [3.63, 3.8) is 0 Å². The maximum Gasteiger partial charge on any atom is 0.123 e. The van der Waals surface area contributed by atoms with E-state index in [2.05, 4.69) is 18.2 Å². The Morgan fingerprint density at radius 2 is 1.85 bits per heavy atom. The zero-order chi connectivity index (χ0) is 13.9. The van der Waals surface area contributed by atoms with Crippen molar-refractivity contribution in [3.8, 4) is 0 Å². The standard InChI is InChI=1S/C17H18FNS/c18-14-4-6-15(7-5-14)20-16-8-9-17-12(10-16)2-1-3-13(17)11-19/h4-10,13H,1-3,11,19H2. The highest BCUT2D eigenvalue weighted by Crippen LogP contribution is 2.35. The minimum atomic E-state index is -0.189. The molecule has 1 atom stereocenters. The van der Waals surface area contributed by atoms with E-state index in [4.69, 9.17) is 5.73 Å². The normalized spacial score (nSPS) is 17.8. The van der Waals surface area contributed by atoms with Crippen molar-refractivity contribution >= 4 is 11.8 Å². The highest BCUT2D eigenvalue weighted by atomic mass is 32.2. The molecule has 2 aromatic carbocycles. The summed E-state index contributed by atoms with van der Waals surface area (Å²) in [6, 6.07) is 13.3. The van der Waals surface area contributed by atoms with Crippen LogP contribution in [-0.4, -0.2) is 6.54 Å². The molecule has 1 unspecified atom stereocenters. The maximum absolute atomic E-state index is 12.9. The Bertz CT molecular complexity index is 594. The van der Waals surface area contributed by atoms with Crippen molar-refractivity contribution in [2.75, 3.05) is 6.54 Å². The number of hydrogen-bond acceptors (Lipinski definition) is 2. The van der Waals surface area contributed by atoms with Gasteiger partial charge in [0.1, 0.15) is 5.82 Å². The Morgan fingerprint density at radius 1 is 1.10 bits per heavy atom. The van der Waals surface area contributed by atoms with Gasteiger partial charge in [0.05, 0.1) is 0 Å². The molecule has 0 saturated carbocycles. The van der Waals surface area contributed by atoms with E-state index in [1.165, 1.54) is 41.0 Å². The number of halogens is 1. The molecule has 3 rings (SSSR count). The van der Waals surface area contributed by atoms with Gasteiger partial charge >= 0.3 is 0 Å². The minimum Gasteiger partial charge on any atom is -0.330 e. The van der Waals surface area contributed by atoms with Gasteiger partial charge < -0.3 is 5.73 Å². The molecule has 3 heteroatoms. The second kappa shape index (κ2) is 5.98. The lowest BCUT2D eigenvalue weighted by atomic mass is 9.83. The van der Waals surface area contributed by atoms with Crippen LogP contribution in [0, 0.1) is 5.82 Å². The lowest BCUT2D eigenvalue weighted by Crippen LogP contribution is -2.18. The van der Waals surface area contributed by atoms with Crippen LogP contribution in [0.2, 0.25) is 0 Å². The number of rotatable bonds is 3. The van der Waals surface area contributed by atoms with Crippen molar-refractivity contribution in [3.05, 3.63) is 59.4 Å². The molecule has 1 nitrogen and oxygen atoms in total. The number of fused-ring (bicyclic) bond motifs is 1. The van der Waals surface area contributed by atoms with E-state index in [0.29, 0.717) is 5.92 Å². The van der Waals surface area contributed by atoms with E-state index < -0.39 is 0 Å². The van der Waals surface area contributed by atoms with Crippen molar-refractivity contribution in [2.45, 2.75) is 35.0 Å². The average molecular weight is 287 g/mol. The quantitative estimate of drug-likeness (QED) is 0.908. The number of aryl methyl sites for hydroxylation is 1. The van der Waals surface area contributed by atoms with Crippen molar-refractivity contribution in [1.29, 1.82) is 0 Å². The average Bonchev–Trinajstić information content (AvgIpc) is 2.49. The van der Waals surface area contributed by atoms with Gasteiger partial charge in [0, 0.05) is 9.79 Å². The third-order valence-electron chi connectivity index (χ3n) is 3.89. The molecular formula is C17H18FNS.